The van der Waals surface area contributed by atoms with Crippen LogP contribution in [0.3, 0.4) is 0 Å². The number of ether oxygens (including phenoxy) is 2. The predicted octanol–water partition coefficient (Wildman–Crippen LogP) is 3.89. The average molecular weight is 420 g/mol. The Bertz CT molecular complexity index is 1040. The molecule has 3 aromatic rings. The zero-order valence-electron chi connectivity index (χ0n) is 17.2. The summed E-state index contributed by atoms with van der Waals surface area (Å²) in [4.78, 5) is 27.7. The van der Waals surface area contributed by atoms with Crippen LogP contribution < -0.4 is 4.74 Å². The first-order valence-corrected chi connectivity index (χ1v) is 9.95. The molecule has 1 aromatic heterocycles. The molecular weight excluding hydrogens is 396 g/mol. The van der Waals surface area contributed by atoms with Gasteiger partial charge in [0.2, 0.25) is 0 Å². The Hall–Kier alpha value is -3.87. The Balaban J connectivity index is 1.85. The van der Waals surface area contributed by atoms with E-state index in [2.05, 4.69) is 4.98 Å². The number of rotatable bonds is 10. The summed E-state index contributed by atoms with van der Waals surface area (Å²) in [5.74, 6) is -0.291. The van der Waals surface area contributed by atoms with Gasteiger partial charge in [-0.2, -0.15) is 0 Å². The van der Waals surface area contributed by atoms with Gasteiger partial charge in [-0.1, -0.05) is 42.5 Å². The number of carbonyl (C=O) groups is 2. The zero-order chi connectivity index (χ0) is 22.1. The first-order valence-electron chi connectivity index (χ1n) is 9.95. The number of nitrogens with zero attached hydrogens (tertiary/aromatic N) is 2. The second-order valence-corrected chi connectivity index (χ2v) is 6.70. The van der Waals surface area contributed by atoms with Crippen LogP contribution in [0, 0.1) is 0 Å². The summed E-state index contributed by atoms with van der Waals surface area (Å²) in [5, 5.41) is 8.70. The van der Waals surface area contributed by atoms with E-state index in [0.29, 0.717) is 23.7 Å². The second kappa shape index (κ2) is 10.8. The van der Waals surface area contributed by atoms with Crippen molar-refractivity contribution in [3.05, 3.63) is 83.9 Å². The third-order valence-corrected chi connectivity index (χ3v) is 4.42. The molecule has 0 unspecified atom stereocenters. The van der Waals surface area contributed by atoms with E-state index < -0.39 is 11.9 Å². The maximum absolute atomic E-state index is 12.7. The number of imidazole rings is 1. The largest absolute Gasteiger partial charge is 0.493 e. The Morgan fingerprint density at radius 3 is 2.52 bits per heavy atom. The van der Waals surface area contributed by atoms with Crippen LogP contribution in [0.5, 0.6) is 5.75 Å². The molecule has 0 aliphatic rings. The number of carboxylic acid groups (broad SMARTS) is 1. The minimum absolute atomic E-state index is 0.0707. The fourth-order valence-corrected chi connectivity index (χ4v) is 2.97. The van der Waals surface area contributed by atoms with Crippen molar-refractivity contribution in [3.63, 3.8) is 0 Å². The van der Waals surface area contributed by atoms with E-state index in [9.17, 15) is 9.59 Å². The molecule has 0 aliphatic heterocycles. The highest BCUT2D eigenvalue weighted by Gasteiger charge is 2.19. The fraction of sp³-hybridized carbons (Fsp3) is 0.208. The van der Waals surface area contributed by atoms with Crippen molar-refractivity contribution in [1.82, 2.24) is 9.55 Å². The van der Waals surface area contributed by atoms with Crippen LogP contribution in [-0.2, 0) is 20.9 Å². The number of benzene rings is 2. The van der Waals surface area contributed by atoms with Crippen LogP contribution in [0.15, 0.2) is 67.0 Å². The van der Waals surface area contributed by atoms with Gasteiger partial charge >= 0.3 is 11.9 Å². The lowest BCUT2D eigenvalue weighted by Gasteiger charge is -2.11. The maximum atomic E-state index is 12.7. The van der Waals surface area contributed by atoms with Gasteiger partial charge in [0, 0.05) is 18.9 Å². The van der Waals surface area contributed by atoms with Crippen molar-refractivity contribution in [2.24, 2.45) is 0 Å². The summed E-state index contributed by atoms with van der Waals surface area (Å²) >= 11 is 0. The summed E-state index contributed by atoms with van der Waals surface area (Å²) in [6, 6.07) is 17.0. The highest BCUT2D eigenvalue weighted by Crippen LogP contribution is 2.22. The normalized spacial score (nSPS) is 11.2. The van der Waals surface area contributed by atoms with Gasteiger partial charge in [0.25, 0.3) is 0 Å². The van der Waals surface area contributed by atoms with E-state index in [0.717, 1.165) is 11.1 Å². The number of carboxylic acids is 1. The van der Waals surface area contributed by atoms with Crippen LogP contribution in [0.25, 0.3) is 11.6 Å². The van der Waals surface area contributed by atoms with Crippen molar-refractivity contribution in [2.75, 3.05) is 13.2 Å². The molecule has 7 nitrogen and oxygen atoms in total. The predicted molar refractivity (Wildman–Crippen MR) is 116 cm³/mol. The quantitative estimate of drug-likeness (QED) is 0.395. The molecule has 1 heterocycles. The van der Waals surface area contributed by atoms with Gasteiger partial charge in [-0.3, -0.25) is 4.79 Å². The molecule has 0 saturated heterocycles. The molecule has 160 valence electrons. The van der Waals surface area contributed by atoms with Crippen molar-refractivity contribution in [1.29, 1.82) is 0 Å². The Morgan fingerprint density at radius 2 is 1.84 bits per heavy atom. The van der Waals surface area contributed by atoms with Gasteiger partial charge in [0.1, 0.15) is 17.1 Å². The van der Waals surface area contributed by atoms with E-state index in [-0.39, 0.29) is 19.6 Å². The molecule has 0 bridgehead atoms. The van der Waals surface area contributed by atoms with Crippen molar-refractivity contribution in [2.45, 2.75) is 19.9 Å². The molecule has 3 rings (SSSR count). The van der Waals surface area contributed by atoms with Crippen LogP contribution in [0.4, 0.5) is 0 Å². The molecule has 1 N–H and O–H groups in total. The number of hydrogen-bond acceptors (Lipinski definition) is 5. The molecule has 0 spiro atoms. The number of esters is 1. The zero-order valence-corrected chi connectivity index (χ0v) is 17.2. The van der Waals surface area contributed by atoms with Crippen LogP contribution in [0.1, 0.15) is 30.3 Å². The summed E-state index contributed by atoms with van der Waals surface area (Å²) < 4.78 is 12.6. The first-order chi connectivity index (χ1) is 15.1. The molecular formula is C24H24N2O5. The number of carbonyl (C=O) groups excluding carboxylic acids is 1. The average Bonchev–Trinajstić information content (AvgIpc) is 3.21. The SMILES string of the molecule is CCOC(=O)/C(=C/c1ccc(OCCC(=O)O)cc1)c1nccn1Cc1ccccc1. The van der Waals surface area contributed by atoms with Gasteiger partial charge in [-0.15, -0.1) is 0 Å². The third-order valence-electron chi connectivity index (χ3n) is 4.42. The van der Waals surface area contributed by atoms with Gasteiger partial charge < -0.3 is 19.1 Å². The molecule has 2 aromatic carbocycles. The van der Waals surface area contributed by atoms with Crippen molar-refractivity contribution >= 4 is 23.6 Å². The summed E-state index contributed by atoms with van der Waals surface area (Å²) in [6.07, 6.45) is 5.14. The van der Waals surface area contributed by atoms with Crippen LogP contribution >= 0.6 is 0 Å². The maximum Gasteiger partial charge on any atom is 0.341 e. The summed E-state index contributed by atoms with van der Waals surface area (Å²) in [7, 11) is 0. The van der Waals surface area contributed by atoms with Gasteiger partial charge in [0.15, 0.2) is 0 Å². The van der Waals surface area contributed by atoms with E-state index in [1.807, 2.05) is 41.1 Å². The van der Waals surface area contributed by atoms with Crippen molar-refractivity contribution < 1.29 is 24.2 Å². The standard InChI is InChI=1S/C24H24N2O5/c1-2-30-24(29)21(16-18-8-10-20(11-9-18)31-15-12-22(27)28)23-25-13-14-26(23)17-19-6-4-3-5-7-19/h3-11,13-14,16H,2,12,15,17H2,1H3,(H,27,28)/b21-16+. The molecule has 31 heavy (non-hydrogen) atoms. The highest BCUT2D eigenvalue weighted by atomic mass is 16.5. The van der Waals surface area contributed by atoms with Gasteiger partial charge in [-0.05, 0) is 36.3 Å². The number of aromatic nitrogens is 2. The molecule has 0 aliphatic carbocycles. The highest BCUT2D eigenvalue weighted by molar-refractivity contribution is 6.20. The fourth-order valence-electron chi connectivity index (χ4n) is 2.97. The number of hydrogen-bond donors (Lipinski definition) is 1. The molecule has 0 fully saturated rings. The lowest BCUT2D eigenvalue weighted by Crippen LogP contribution is -2.12. The van der Waals surface area contributed by atoms with E-state index >= 15 is 0 Å². The molecule has 7 heteroatoms. The Labute approximate surface area is 180 Å². The van der Waals surface area contributed by atoms with Gasteiger partial charge in [0.05, 0.1) is 19.6 Å². The van der Waals surface area contributed by atoms with Crippen molar-refractivity contribution in [3.8, 4) is 5.75 Å². The van der Waals surface area contributed by atoms with Crippen LogP contribution in [-0.4, -0.2) is 39.8 Å². The summed E-state index contributed by atoms with van der Waals surface area (Å²) in [6.45, 7) is 2.68. The van der Waals surface area contributed by atoms with E-state index in [1.165, 1.54) is 0 Å². The topological polar surface area (TPSA) is 90.7 Å². The minimum atomic E-state index is -0.912. The van der Waals surface area contributed by atoms with E-state index in [4.69, 9.17) is 14.6 Å². The van der Waals surface area contributed by atoms with Crippen LogP contribution in [0.2, 0.25) is 0 Å². The lowest BCUT2D eigenvalue weighted by atomic mass is 10.1. The Morgan fingerprint density at radius 1 is 1.10 bits per heavy atom. The first kappa shape index (κ1) is 21.8. The van der Waals surface area contributed by atoms with E-state index in [1.54, 1.807) is 43.5 Å². The smallest absolute Gasteiger partial charge is 0.341 e. The molecule has 0 amide bonds. The molecule has 0 atom stereocenters. The summed E-state index contributed by atoms with van der Waals surface area (Å²) in [5.41, 5.74) is 2.21. The molecule has 0 saturated carbocycles. The second-order valence-electron chi connectivity index (χ2n) is 6.70. The third kappa shape index (κ3) is 6.30. The van der Waals surface area contributed by atoms with Gasteiger partial charge in [-0.25, -0.2) is 9.78 Å². The number of aliphatic carboxylic acids is 1. The minimum Gasteiger partial charge on any atom is -0.493 e. The Kier molecular flexibility index (Phi) is 7.59. The monoisotopic (exact) mass is 420 g/mol. The molecule has 0 radical (unpaired) electrons. The lowest BCUT2D eigenvalue weighted by molar-refractivity contribution is -0.138.